The molecular formula is C18H21NO4. The van der Waals surface area contributed by atoms with Gasteiger partial charge < -0.3 is 14.5 Å². The standard InChI is InChI=1S/C18H21NO4/c1-3-5-12-23-16(20)11-10-14-13-8-6-7-9-15(13)19-17(14)18(21)22-4-2/h6-11,19H,3-5,12H2,1-2H3/b11-10+. The number of aromatic amines is 1. The summed E-state index contributed by atoms with van der Waals surface area (Å²) in [5.74, 6) is -0.860. The Kier molecular flexibility index (Phi) is 5.97. The minimum absolute atomic E-state index is 0.288. The number of fused-ring (bicyclic) bond motifs is 1. The maximum Gasteiger partial charge on any atom is 0.355 e. The molecule has 0 spiro atoms. The Morgan fingerprint density at radius 2 is 1.96 bits per heavy atom. The van der Waals surface area contributed by atoms with Gasteiger partial charge in [-0.15, -0.1) is 0 Å². The number of aromatic nitrogens is 1. The lowest BCUT2D eigenvalue weighted by atomic mass is 10.1. The number of carbonyl (C=O) groups excluding carboxylic acids is 2. The van der Waals surface area contributed by atoms with Gasteiger partial charge >= 0.3 is 11.9 Å². The van der Waals surface area contributed by atoms with E-state index in [2.05, 4.69) is 4.98 Å². The molecule has 2 aromatic rings. The van der Waals surface area contributed by atoms with Crippen molar-refractivity contribution in [2.24, 2.45) is 0 Å². The lowest BCUT2D eigenvalue weighted by Crippen LogP contribution is -2.07. The number of rotatable bonds is 7. The third-order valence-electron chi connectivity index (χ3n) is 3.35. The van der Waals surface area contributed by atoms with Gasteiger partial charge in [0.05, 0.1) is 13.2 Å². The van der Waals surface area contributed by atoms with Crippen LogP contribution in [-0.4, -0.2) is 30.1 Å². The Morgan fingerprint density at radius 3 is 2.70 bits per heavy atom. The van der Waals surface area contributed by atoms with Crippen molar-refractivity contribution in [1.29, 1.82) is 0 Å². The molecule has 0 saturated heterocycles. The van der Waals surface area contributed by atoms with Gasteiger partial charge in [-0.25, -0.2) is 9.59 Å². The second-order valence-corrected chi connectivity index (χ2v) is 5.03. The van der Waals surface area contributed by atoms with Gasteiger partial charge in [0, 0.05) is 22.5 Å². The molecule has 0 atom stereocenters. The molecule has 5 nitrogen and oxygen atoms in total. The van der Waals surface area contributed by atoms with Gasteiger partial charge in [-0.2, -0.15) is 0 Å². The maximum atomic E-state index is 12.1. The molecule has 0 fully saturated rings. The first-order chi connectivity index (χ1) is 11.2. The fourth-order valence-corrected chi connectivity index (χ4v) is 2.22. The normalized spacial score (nSPS) is 11.0. The number of nitrogens with one attached hydrogen (secondary N) is 1. The number of hydrogen-bond donors (Lipinski definition) is 1. The molecule has 1 aromatic heterocycles. The van der Waals surface area contributed by atoms with Crippen LogP contribution in [0.5, 0.6) is 0 Å². The molecular weight excluding hydrogens is 294 g/mol. The van der Waals surface area contributed by atoms with Crippen molar-refractivity contribution >= 4 is 28.9 Å². The Balaban J connectivity index is 2.28. The first-order valence-corrected chi connectivity index (χ1v) is 7.80. The Morgan fingerprint density at radius 1 is 1.17 bits per heavy atom. The summed E-state index contributed by atoms with van der Waals surface area (Å²) in [4.78, 5) is 26.9. The van der Waals surface area contributed by atoms with E-state index in [9.17, 15) is 9.59 Å². The molecule has 0 bridgehead atoms. The highest BCUT2D eigenvalue weighted by Crippen LogP contribution is 2.24. The molecule has 1 heterocycles. The molecule has 0 aliphatic carbocycles. The van der Waals surface area contributed by atoms with Crippen LogP contribution >= 0.6 is 0 Å². The van der Waals surface area contributed by atoms with Crippen LogP contribution in [0.2, 0.25) is 0 Å². The van der Waals surface area contributed by atoms with E-state index < -0.39 is 11.9 Å². The summed E-state index contributed by atoms with van der Waals surface area (Å²) in [6.45, 7) is 4.47. The van der Waals surface area contributed by atoms with E-state index >= 15 is 0 Å². The summed E-state index contributed by atoms with van der Waals surface area (Å²) >= 11 is 0. The van der Waals surface area contributed by atoms with Crippen molar-refractivity contribution in [2.45, 2.75) is 26.7 Å². The van der Waals surface area contributed by atoms with E-state index in [1.54, 1.807) is 13.0 Å². The van der Waals surface area contributed by atoms with Crippen LogP contribution < -0.4 is 0 Å². The van der Waals surface area contributed by atoms with Crippen LogP contribution in [0, 0.1) is 0 Å². The highest BCUT2D eigenvalue weighted by Gasteiger charge is 2.17. The highest BCUT2D eigenvalue weighted by molar-refractivity contribution is 6.04. The molecule has 1 aromatic carbocycles. The molecule has 23 heavy (non-hydrogen) atoms. The van der Waals surface area contributed by atoms with Gasteiger partial charge in [0.15, 0.2) is 0 Å². The first kappa shape index (κ1) is 16.8. The Labute approximate surface area is 135 Å². The highest BCUT2D eigenvalue weighted by atomic mass is 16.5. The number of hydrogen-bond acceptors (Lipinski definition) is 4. The number of unbranched alkanes of at least 4 members (excludes halogenated alkanes) is 1. The zero-order valence-electron chi connectivity index (χ0n) is 13.4. The third-order valence-corrected chi connectivity index (χ3v) is 3.35. The smallest absolute Gasteiger partial charge is 0.355 e. The predicted molar refractivity (Wildman–Crippen MR) is 89.2 cm³/mol. The van der Waals surface area contributed by atoms with Crippen LogP contribution in [0.15, 0.2) is 30.3 Å². The fraction of sp³-hybridized carbons (Fsp3) is 0.333. The average Bonchev–Trinajstić information content (AvgIpc) is 2.92. The fourth-order valence-electron chi connectivity index (χ4n) is 2.22. The minimum Gasteiger partial charge on any atom is -0.463 e. The summed E-state index contributed by atoms with van der Waals surface area (Å²) in [5, 5.41) is 0.855. The Bertz CT molecular complexity index is 715. The molecule has 5 heteroatoms. The zero-order valence-corrected chi connectivity index (χ0v) is 13.4. The van der Waals surface area contributed by atoms with Crippen molar-refractivity contribution in [1.82, 2.24) is 4.98 Å². The van der Waals surface area contributed by atoms with Crippen LogP contribution in [0.4, 0.5) is 0 Å². The number of ether oxygens (including phenoxy) is 2. The van der Waals surface area contributed by atoms with E-state index in [1.165, 1.54) is 6.08 Å². The van der Waals surface area contributed by atoms with Crippen molar-refractivity contribution < 1.29 is 19.1 Å². The molecule has 2 rings (SSSR count). The van der Waals surface area contributed by atoms with Gasteiger partial charge in [0.2, 0.25) is 0 Å². The molecule has 0 aliphatic rings. The molecule has 0 unspecified atom stereocenters. The molecule has 0 radical (unpaired) electrons. The summed E-state index contributed by atoms with van der Waals surface area (Å²) in [5.41, 5.74) is 1.78. The lowest BCUT2D eigenvalue weighted by molar-refractivity contribution is -0.137. The molecule has 1 N–H and O–H groups in total. The quantitative estimate of drug-likeness (QED) is 0.480. The maximum absolute atomic E-state index is 12.1. The number of benzene rings is 1. The van der Waals surface area contributed by atoms with Crippen LogP contribution in [-0.2, 0) is 14.3 Å². The minimum atomic E-state index is -0.442. The van der Waals surface area contributed by atoms with E-state index in [0.29, 0.717) is 17.9 Å². The number of esters is 2. The van der Waals surface area contributed by atoms with E-state index in [0.717, 1.165) is 23.7 Å². The molecule has 0 amide bonds. The number of para-hydroxylation sites is 1. The second-order valence-electron chi connectivity index (χ2n) is 5.03. The Hall–Kier alpha value is -2.56. The summed E-state index contributed by atoms with van der Waals surface area (Å²) in [7, 11) is 0. The van der Waals surface area contributed by atoms with Crippen molar-refractivity contribution in [3.63, 3.8) is 0 Å². The van der Waals surface area contributed by atoms with Gasteiger partial charge in [0.25, 0.3) is 0 Å². The molecule has 0 aliphatic heterocycles. The molecule has 0 saturated carbocycles. The van der Waals surface area contributed by atoms with Gasteiger partial charge in [-0.3, -0.25) is 0 Å². The van der Waals surface area contributed by atoms with Crippen molar-refractivity contribution in [3.05, 3.63) is 41.6 Å². The first-order valence-electron chi connectivity index (χ1n) is 7.80. The van der Waals surface area contributed by atoms with Crippen molar-refractivity contribution in [3.8, 4) is 0 Å². The van der Waals surface area contributed by atoms with Crippen LogP contribution in [0.3, 0.4) is 0 Å². The molecule has 122 valence electrons. The van der Waals surface area contributed by atoms with E-state index in [1.807, 2.05) is 31.2 Å². The third kappa shape index (κ3) is 4.22. The monoisotopic (exact) mass is 315 g/mol. The number of H-pyrrole nitrogens is 1. The number of carbonyl (C=O) groups is 2. The lowest BCUT2D eigenvalue weighted by Gasteiger charge is -2.01. The predicted octanol–water partition coefficient (Wildman–Crippen LogP) is 3.70. The van der Waals surface area contributed by atoms with E-state index in [-0.39, 0.29) is 6.61 Å². The summed E-state index contributed by atoms with van der Waals surface area (Å²) < 4.78 is 10.2. The van der Waals surface area contributed by atoms with Gasteiger partial charge in [0.1, 0.15) is 5.69 Å². The zero-order chi connectivity index (χ0) is 16.7. The topological polar surface area (TPSA) is 68.4 Å². The second kappa shape index (κ2) is 8.17. The van der Waals surface area contributed by atoms with Gasteiger partial charge in [-0.05, 0) is 25.5 Å². The average molecular weight is 315 g/mol. The summed E-state index contributed by atoms with van der Waals surface area (Å²) in [6.07, 6.45) is 4.74. The van der Waals surface area contributed by atoms with Crippen LogP contribution in [0.1, 0.15) is 42.7 Å². The largest absolute Gasteiger partial charge is 0.463 e. The van der Waals surface area contributed by atoms with Gasteiger partial charge in [-0.1, -0.05) is 31.5 Å². The van der Waals surface area contributed by atoms with E-state index in [4.69, 9.17) is 9.47 Å². The summed E-state index contributed by atoms with van der Waals surface area (Å²) in [6, 6.07) is 7.51. The van der Waals surface area contributed by atoms with Crippen molar-refractivity contribution in [2.75, 3.05) is 13.2 Å². The SMILES string of the molecule is CCCCOC(=O)/C=C/c1c(C(=O)OCC)[nH]c2ccccc12. The van der Waals surface area contributed by atoms with Crippen LogP contribution in [0.25, 0.3) is 17.0 Å².